The summed E-state index contributed by atoms with van der Waals surface area (Å²) in [5, 5.41) is 12.7. The first-order chi connectivity index (χ1) is 17.2. The van der Waals surface area contributed by atoms with E-state index in [2.05, 4.69) is 38.0 Å². The number of anilines is 2. The second-order valence-electron chi connectivity index (χ2n) is 8.12. The fraction of sp³-hybridized carbons (Fsp3) is 0.320. The van der Waals surface area contributed by atoms with Crippen molar-refractivity contribution in [2.75, 3.05) is 15.8 Å². The zero-order chi connectivity index (χ0) is 26.1. The molecule has 0 bridgehead atoms. The van der Waals surface area contributed by atoms with E-state index in [4.69, 9.17) is 0 Å². The Morgan fingerprint density at radius 3 is 2.39 bits per heavy atom. The molecule has 2 heterocycles. The van der Waals surface area contributed by atoms with Gasteiger partial charge < -0.3 is 5.32 Å². The Morgan fingerprint density at radius 2 is 1.75 bits per heavy atom. The zero-order valence-electron chi connectivity index (χ0n) is 20.4. The molecule has 11 heteroatoms. The first-order valence-electron chi connectivity index (χ1n) is 11.5. The standard InChI is InChI=1S/C25H28N6O3S2/c1-4-5-6-20-8-7-19(16-26)24(30-20)35-14-13-23(32)29-21-9-11-22(12-10-21)36(33,34)31-25-27-17(2)15-18(3)28-25/h7-12,15H,4-6,13-14H2,1-3H3,(H,29,32)(H,27,28,31). The molecule has 3 aromatic rings. The summed E-state index contributed by atoms with van der Waals surface area (Å²) in [4.78, 5) is 25.2. The molecule has 0 saturated heterocycles. The van der Waals surface area contributed by atoms with Crippen molar-refractivity contribution in [1.82, 2.24) is 15.0 Å². The molecule has 0 fully saturated rings. The summed E-state index contributed by atoms with van der Waals surface area (Å²) in [7, 11) is -3.88. The van der Waals surface area contributed by atoms with Gasteiger partial charge in [-0.2, -0.15) is 5.26 Å². The maximum Gasteiger partial charge on any atom is 0.264 e. The molecule has 0 saturated carbocycles. The lowest BCUT2D eigenvalue weighted by atomic mass is 10.2. The van der Waals surface area contributed by atoms with E-state index in [0.717, 1.165) is 25.0 Å². The van der Waals surface area contributed by atoms with Crippen molar-refractivity contribution in [2.24, 2.45) is 0 Å². The average Bonchev–Trinajstić information content (AvgIpc) is 2.82. The number of amides is 1. The van der Waals surface area contributed by atoms with Gasteiger partial charge in [-0.1, -0.05) is 13.3 Å². The van der Waals surface area contributed by atoms with Crippen molar-refractivity contribution in [2.45, 2.75) is 56.4 Å². The molecule has 0 atom stereocenters. The normalized spacial score (nSPS) is 11.1. The van der Waals surface area contributed by atoms with Crippen molar-refractivity contribution in [1.29, 1.82) is 5.26 Å². The quantitative estimate of drug-likeness (QED) is 0.347. The second-order valence-corrected chi connectivity index (χ2v) is 10.9. The van der Waals surface area contributed by atoms with Crippen LogP contribution in [-0.2, 0) is 21.2 Å². The van der Waals surface area contributed by atoms with Crippen molar-refractivity contribution >= 4 is 39.3 Å². The zero-order valence-corrected chi connectivity index (χ0v) is 22.0. The molecular formula is C25H28N6O3S2. The van der Waals surface area contributed by atoms with Crippen LogP contribution in [0.2, 0.25) is 0 Å². The number of hydrogen-bond acceptors (Lipinski definition) is 8. The fourth-order valence-electron chi connectivity index (χ4n) is 3.30. The molecule has 1 aromatic carbocycles. The number of nitrogens with zero attached hydrogens (tertiary/aromatic N) is 4. The maximum absolute atomic E-state index is 12.7. The van der Waals surface area contributed by atoms with Crippen LogP contribution < -0.4 is 10.0 Å². The van der Waals surface area contributed by atoms with Gasteiger partial charge in [-0.15, -0.1) is 11.8 Å². The third-order valence-corrected chi connectivity index (χ3v) is 7.39. The predicted octanol–water partition coefficient (Wildman–Crippen LogP) is 4.62. The SMILES string of the molecule is CCCCc1ccc(C#N)c(SCCC(=O)Nc2ccc(S(=O)(=O)Nc3nc(C)cc(C)n3)cc2)n1. The number of hydrogen-bond donors (Lipinski definition) is 2. The highest BCUT2D eigenvalue weighted by molar-refractivity contribution is 7.99. The van der Waals surface area contributed by atoms with Gasteiger partial charge in [0.05, 0.1) is 10.5 Å². The third kappa shape index (κ3) is 7.76. The van der Waals surface area contributed by atoms with E-state index in [9.17, 15) is 18.5 Å². The number of benzene rings is 1. The van der Waals surface area contributed by atoms with Crippen LogP contribution in [-0.4, -0.2) is 35.0 Å². The van der Waals surface area contributed by atoms with Crippen LogP contribution in [0.25, 0.3) is 0 Å². The summed E-state index contributed by atoms with van der Waals surface area (Å²) in [6.07, 6.45) is 3.16. The molecule has 0 aliphatic rings. The van der Waals surface area contributed by atoms with Gasteiger partial charge in [0.25, 0.3) is 10.0 Å². The number of unbranched alkanes of at least 4 members (excludes halogenated alkanes) is 1. The number of thioether (sulfide) groups is 1. The van der Waals surface area contributed by atoms with Crippen LogP contribution in [0.4, 0.5) is 11.6 Å². The molecule has 1 amide bonds. The molecule has 2 aromatic heterocycles. The Hall–Kier alpha value is -3.49. The van der Waals surface area contributed by atoms with Crippen LogP contribution in [0.3, 0.4) is 0 Å². The molecule has 0 aliphatic carbocycles. The van der Waals surface area contributed by atoms with Crippen molar-refractivity contribution in [3.8, 4) is 6.07 Å². The van der Waals surface area contributed by atoms with E-state index in [-0.39, 0.29) is 23.2 Å². The van der Waals surface area contributed by atoms with Gasteiger partial charge in [0.2, 0.25) is 11.9 Å². The lowest BCUT2D eigenvalue weighted by molar-refractivity contribution is -0.115. The van der Waals surface area contributed by atoms with E-state index in [0.29, 0.717) is 33.4 Å². The van der Waals surface area contributed by atoms with E-state index in [1.54, 1.807) is 26.0 Å². The minimum atomic E-state index is -3.88. The van der Waals surface area contributed by atoms with E-state index < -0.39 is 10.0 Å². The highest BCUT2D eigenvalue weighted by Gasteiger charge is 2.16. The average molecular weight is 525 g/mol. The number of aryl methyl sites for hydroxylation is 3. The molecule has 2 N–H and O–H groups in total. The molecule has 0 spiro atoms. The lowest BCUT2D eigenvalue weighted by Gasteiger charge is -2.10. The van der Waals surface area contributed by atoms with Crippen LogP contribution in [0.5, 0.6) is 0 Å². The Labute approximate surface area is 215 Å². The predicted molar refractivity (Wildman–Crippen MR) is 140 cm³/mol. The minimum Gasteiger partial charge on any atom is -0.326 e. The van der Waals surface area contributed by atoms with E-state index in [1.807, 2.05) is 6.07 Å². The van der Waals surface area contributed by atoms with Gasteiger partial charge in [0, 0.05) is 34.9 Å². The van der Waals surface area contributed by atoms with Gasteiger partial charge in [-0.05, 0) is 69.2 Å². The van der Waals surface area contributed by atoms with Crippen molar-refractivity contribution < 1.29 is 13.2 Å². The van der Waals surface area contributed by atoms with Crippen molar-refractivity contribution in [3.63, 3.8) is 0 Å². The number of carbonyl (C=O) groups excluding carboxylic acids is 1. The highest BCUT2D eigenvalue weighted by atomic mass is 32.2. The van der Waals surface area contributed by atoms with Crippen LogP contribution in [0.1, 0.15) is 48.8 Å². The van der Waals surface area contributed by atoms with Gasteiger partial charge >= 0.3 is 0 Å². The third-order valence-electron chi connectivity index (χ3n) is 5.05. The molecule has 9 nitrogen and oxygen atoms in total. The van der Waals surface area contributed by atoms with Gasteiger partial charge in [-0.3, -0.25) is 4.79 Å². The van der Waals surface area contributed by atoms with Crippen LogP contribution >= 0.6 is 11.8 Å². The number of nitriles is 1. The maximum atomic E-state index is 12.7. The molecule has 0 aliphatic heterocycles. The number of pyridine rings is 1. The summed E-state index contributed by atoms with van der Waals surface area (Å²) in [5.41, 5.74) is 3.22. The monoisotopic (exact) mass is 524 g/mol. The first kappa shape index (κ1) is 27.1. The second kappa shape index (κ2) is 12.5. The van der Waals surface area contributed by atoms with Gasteiger partial charge in [-0.25, -0.2) is 28.1 Å². The molecule has 0 radical (unpaired) electrons. The number of rotatable bonds is 11. The highest BCUT2D eigenvalue weighted by Crippen LogP contribution is 2.23. The summed E-state index contributed by atoms with van der Waals surface area (Å²) < 4.78 is 27.7. The largest absolute Gasteiger partial charge is 0.326 e. The van der Waals surface area contributed by atoms with Crippen LogP contribution in [0.15, 0.2) is 52.4 Å². The molecular weight excluding hydrogens is 496 g/mol. The summed E-state index contributed by atoms with van der Waals surface area (Å²) in [6, 6.07) is 13.4. The van der Waals surface area contributed by atoms with Crippen molar-refractivity contribution in [3.05, 3.63) is 65.1 Å². The van der Waals surface area contributed by atoms with Gasteiger partial charge in [0.15, 0.2) is 0 Å². The number of aromatic nitrogens is 3. The molecule has 0 unspecified atom stereocenters. The summed E-state index contributed by atoms with van der Waals surface area (Å²) in [6.45, 7) is 5.63. The van der Waals surface area contributed by atoms with E-state index >= 15 is 0 Å². The van der Waals surface area contributed by atoms with Crippen LogP contribution in [0, 0.1) is 25.2 Å². The number of sulfonamides is 1. The lowest BCUT2D eigenvalue weighted by Crippen LogP contribution is -2.16. The fourth-order valence-corrected chi connectivity index (χ4v) is 5.18. The summed E-state index contributed by atoms with van der Waals surface area (Å²) in [5.74, 6) is 0.240. The topological polar surface area (TPSA) is 138 Å². The first-order valence-corrected chi connectivity index (χ1v) is 13.9. The Kier molecular flexibility index (Phi) is 9.38. The minimum absolute atomic E-state index is 0.00678. The number of nitrogens with one attached hydrogen (secondary N) is 2. The molecule has 188 valence electrons. The van der Waals surface area contributed by atoms with Gasteiger partial charge in [0.1, 0.15) is 11.1 Å². The molecule has 3 rings (SSSR count). The van der Waals surface area contributed by atoms with E-state index in [1.165, 1.54) is 36.0 Å². The Balaban J connectivity index is 1.55. The smallest absolute Gasteiger partial charge is 0.264 e. The Bertz CT molecular complexity index is 1350. The Morgan fingerprint density at radius 1 is 1.06 bits per heavy atom. The number of carbonyl (C=O) groups is 1. The molecule has 36 heavy (non-hydrogen) atoms. The summed E-state index contributed by atoms with van der Waals surface area (Å²) >= 11 is 1.37.